The minimum Gasteiger partial charge on any atom is -0.326 e. The Balaban J connectivity index is 3.10. The van der Waals surface area contributed by atoms with Gasteiger partial charge in [-0.2, -0.15) is 5.10 Å². The minimum absolute atomic E-state index is 0.0959. The molecule has 0 aliphatic heterocycles. The van der Waals surface area contributed by atoms with Gasteiger partial charge in [-0.3, -0.25) is 9.58 Å². The lowest BCUT2D eigenvalue weighted by molar-refractivity contribution is 0.0955. The zero-order chi connectivity index (χ0) is 15.3. The van der Waals surface area contributed by atoms with Crippen molar-refractivity contribution in [3.05, 3.63) is 18.0 Å². The quantitative estimate of drug-likeness (QED) is 0.796. The first-order valence-electron chi connectivity index (χ1n) is 7.90. The van der Waals surface area contributed by atoms with Gasteiger partial charge in [0.1, 0.15) is 0 Å². The molecule has 0 amide bonds. The van der Waals surface area contributed by atoms with Crippen molar-refractivity contribution < 1.29 is 0 Å². The van der Waals surface area contributed by atoms with Crippen LogP contribution in [-0.4, -0.2) is 33.3 Å². The molecule has 0 spiro atoms. The Morgan fingerprint density at radius 1 is 1.25 bits per heavy atom. The van der Waals surface area contributed by atoms with E-state index in [0.29, 0.717) is 12.0 Å². The molecule has 0 aliphatic carbocycles. The summed E-state index contributed by atoms with van der Waals surface area (Å²) in [7, 11) is 1.96. The Morgan fingerprint density at radius 3 is 2.20 bits per heavy atom. The molecular weight excluding hydrogens is 248 g/mol. The van der Waals surface area contributed by atoms with Crippen LogP contribution < -0.4 is 5.73 Å². The minimum atomic E-state index is 0.0959. The molecule has 2 atom stereocenters. The van der Waals surface area contributed by atoms with Gasteiger partial charge in [0, 0.05) is 37.4 Å². The summed E-state index contributed by atoms with van der Waals surface area (Å²) in [5, 5.41) is 4.33. The monoisotopic (exact) mass is 280 g/mol. The van der Waals surface area contributed by atoms with Crippen LogP contribution in [0.2, 0.25) is 0 Å². The highest BCUT2D eigenvalue weighted by atomic mass is 15.3. The first kappa shape index (κ1) is 17.2. The maximum absolute atomic E-state index is 6.32. The lowest BCUT2D eigenvalue weighted by Gasteiger charge is -2.40. The maximum atomic E-state index is 6.32. The molecule has 2 N–H and O–H groups in total. The van der Waals surface area contributed by atoms with Gasteiger partial charge in [0.05, 0.1) is 12.2 Å². The highest BCUT2D eigenvalue weighted by molar-refractivity contribution is 5.13. The van der Waals surface area contributed by atoms with Gasteiger partial charge >= 0.3 is 0 Å². The number of aryl methyl sites for hydroxylation is 1. The second-order valence-electron chi connectivity index (χ2n) is 6.31. The van der Waals surface area contributed by atoms with Crippen LogP contribution in [0.3, 0.4) is 0 Å². The van der Waals surface area contributed by atoms with E-state index in [4.69, 9.17) is 5.73 Å². The molecular formula is C16H32N4. The second kappa shape index (κ2) is 7.79. The summed E-state index contributed by atoms with van der Waals surface area (Å²) in [4.78, 5) is 2.59. The second-order valence-corrected chi connectivity index (χ2v) is 6.31. The smallest absolute Gasteiger partial charge is 0.0538 e. The number of aromatic nitrogens is 2. The zero-order valence-electron chi connectivity index (χ0n) is 14.0. The van der Waals surface area contributed by atoms with Crippen LogP contribution in [0.4, 0.5) is 0 Å². The average Bonchev–Trinajstić information content (AvgIpc) is 2.76. The summed E-state index contributed by atoms with van der Waals surface area (Å²) in [6.45, 7) is 12.3. The normalized spacial score (nSPS) is 15.3. The van der Waals surface area contributed by atoms with E-state index >= 15 is 0 Å². The Kier molecular flexibility index (Phi) is 6.69. The van der Waals surface area contributed by atoms with E-state index in [1.54, 1.807) is 0 Å². The summed E-state index contributed by atoms with van der Waals surface area (Å²) < 4.78 is 1.87. The van der Waals surface area contributed by atoms with Crippen LogP contribution in [0.25, 0.3) is 0 Å². The van der Waals surface area contributed by atoms with Gasteiger partial charge in [0.25, 0.3) is 0 Å². The molecule has 0 saturated heterocycles. The van der Waals surface area contributed by atoms with Crippen LogP contribution in [-0.2, 0) is 7.05 Å². The van der Waals surface area contributed by atoms with Crippen LogP contribution in [0.5, 0.6) is 0 Å². The third-order valence-electron chi connectivity index (χ3n) is 3.91. The van der Waals surface area contributed by atoms with E-state index in [1.165, 1.54) is 5.56 Å². The summed E-state index contributed by atoms with van der Waals surface area (Å²) in [5.74, 6) is 0.633. The van der Waals surface area contributed by atoms with Gasteiger partial charge in [-0.25, -0.2) is 0 Å². The Morgan fingerprint density at radius 2 is 1.85 bits per heavy atom. The SMILES string of the molecule is CCC(CC)N(CC(C)C)C(c1cnn(C)c1)C(C)N. The van der Waals surface area contributed by atoms with Gasteiger partial charge in [0.15, 0.2) is 0 Å². The molecule has 1 aromatic rings. The van der Waals surface area contributed by atoms with Crippen LogP contribution >= 0.6 is 0 Å². The van der Waals surface area contributed by atoms with Gasteiger partial charge in [0.2, 0.25) is 0 Å². The maximum Gasteiger partial charge on any atom is 0.0538 e. The molecule has 1 aromatic heterocycles. The third-order valence-corrected chi connectivity index (χ3v) is 3.91. The Hall–Kier alpha value is -0.870. The molecule has 0 radical (unpaired) electrons. The number of hydrogen-bond acceptors (Lipinski definition) is 3. The van der Waals surface area contributed by atoms with E-state index in [1.807, 2.05) is 17.9 Å². The van der Waals surface area contributed by atoms with Crippen molar-refractivity contribution >= 4 is 0 Å². The van der Waals surface area contributed by atoms with E-state index in [2.05, 4.69) is 50.8 Å². The Bertz CT molecular complexity index is 380. The highest BCUT2D eigenvalue weighted by Crippen LogP contribution is 2.28. The average molecular weight is 280 g/mol. The highest BCUT2D eigenvalue weighted by Gasteiger charge is 2.29. The molecule has 0 bridgehead atoms. The molecule has 1 rings (SSSR count). The fraction of sp³-hybridized carbons (Fsp3) is 0.812. The van der Waals surface area contributed by atoms with Crippen molar-refractivity contribution in [2.24, 2.45) is 18.7 Å². The molecule has 0 saturated carbocycles. The van der Waals surface area contributed by atoms with Crippen molar-refractivity contribution in [2.75, 3.05) is 6.54 Å². The van der Waals surface area contributed by atoms with Crippen LogP contribution in [0.1, 0.15) is 59.1 Å². The van der Waals surface area contributed by atoms with E-state index in [-0.39, 0.29) is 12.1 Å². The number of nitrogens with two attached hydrogens (primary N) is 1. The molecule has 20 heavy (non-hydrogen) atoms. The number of rotatable bonds is 8. The summed E-state index contributed by atoms with van der Waals surface area (Å²) in [6, 6.07) is 0.920. The lowest BCUT2D eigenvalue weighted by Crippen LogP contribution is -2.46. The molecule has 116 valence electrons. The van der Waals surface area contributed by atoms with E-state index in [9.17, 15) is 0 Å². The van der Waals surface area contributed by atoms with E-state index in [0.717, 1.165) is 19.4 Å². The van der Waals surface area contributed by atoms with Crippen molar-refractivity contribution in [1.82, 2.24) is 14.7 Å². The molecule has 0 aromatic carbocycles. The predicted molar refractivity (Wildman–Crippen MR) is 85.5 cm³/mol. The summed E-state index contributed by atoms with van der Waals surface area (Å²) in [5.41, 5.74) is 7.55. The van der Waals surface area contributed by atoms with E-state index < -0.39 is 0 Å². The molecule has 0 aliphatic rings. The van der Waals surface area contributed by atoms with Gasteiger partial charge in [-0.15, -0.1) is 0 Å². The zero-order valence-corrected chi connectivity index (χ0v) is 14.0. The fourth-order valence-electron chi connectivity index (χ4n) is 3.06. The standard InChI is InChI=1S/C16H32N4/c1-7-15(8-2)20(10-12(3)4)16(13(5)17)14-9-18-19(6)11-14/h9,11-13,15-16H,7-8,10,17H2,1-6H3. The van der Waals surface area contributed by atoms with Crippen molar-refractivity contribution in [3.63, 3.8) is 0 Å². The third kappa shape index (κ3) is 4.32. The van der Waals surface area contributed by atoms with Crippen molar-refractivity contribution in [1.29, 1.82) is 0 Å². The molecule has 4 nitrogen and oxygen atoms in total. The van der Waals surface area contributed by atoms with Crippen molar-refractivity contribution in [2.45, 2.75) is 65.6 Å². The summed E-state index contributed by atoms with van der Waals surface area (Å²) >= 11 is 0. The predicted octanol–water partition coefficient (Wildman–Crippen LogP) is 2.96. The van der Waals surface area contributed by atoms with Gasteiger partial charge in [-0.1, -0.05) is 27.7 Å². The first-order chi connectivity index (χ1) is 9.40. The van der Waals surface area contributed by atoms with Gasteiger partial charge in [-0.05, 0) is 25.7 Å². The summed E-state index contributed by atoms with van der Waals surface area (Å²) in [6.07, 6.45) is 6.38. The molecule has 2 unspecified atom stereocenters. The number of nitrogens with zero attached hydrogens (tertiary/aromatic N) is 3. The lowest BCUT2D eigenvalue weighted by atomic mass is 9.96. The first-order valence-corrected chi connectivity index (χ1v) is 7.90. The Labute approximate surface area is 124 Å². The number of hydrogen-bond donors (Lipinski definition) is 1. The van der Waals surface area contributed by atoms with Crippen LogP contribution in [0, 0.1) is 5.92 Å². The topological polar surface area (TPSA) is 47.1 Å². The van der Waals surface area contributed by atoms with Crippen molar-refractivity contribution in [3.8, 4) is 0 Å². The molecule has 1 heterocycles. The molecule has 0 fully saturated rings. The largest absolute Gasteiger partial charge is 0.326 e. The van der Waals surface area contributed by atoms with Gasteiger partial charge < -0.3 is 5.73 Å². The molecule has 4 heteroatoms. The van der Waals surface area contributed by atoms with Crippen LogP contribution in [0.15, 0.2) is 12.4 Å². The fourth-order valence-corrected chi connectivity index (χ4v) is 3.06.